The molecule has 2 nitrogen and oxygen atoms in total. The standard InChI is InChI=1S/C17H22O2/c1-12(2)10-14-15(17(14,3)4)16(18)19-11-13-8-6-5-7-9-13/h5-10,14-15H,11H2,1-4H3/t14-,15-/m0/s1. The second kappa shape index (κ2) is 5.20. The minimum Gasteiger partial charge on any atom is -0.461 e. The zero-order valence-corrected chi connectivity index (χ0v) is 12.1. The van der Waals surface area contributed by atoms with E-state index in [9.17, 15) is 4.79 Å². The van der Waals surface area contributed by atoms with E-state index in [-0.39, 0.29) is 17.3 Å². The largest absolute Gasteiger partial charge is 0.461 e. The maximum Gasteiger partial charge on any atom is 0.310 e. The number of benzene rings is 1. The summed E-state index contributed by atoms with van der Waals surface area (Å²) in [5.41, 5.74) is 2.33. The van der Waals surface area contributed by atoms with Crippen LogP contribution in [0.15, 0.2) is 42.0 Å². The van der Waals surface area contributed by atoms with Crippen LogP contribution in [0, 0.1) is 17.3 Å². The molecule has 2 rings (SSSR count). The van der Waals surface area contributed by atoms with Crippen molar-refractivity contribution in [1.29, 1.82) is 0 Å². The Morgan fingerprint density at radius 1 is 1.26 bits per heavy atom. The Hall–Kier alpha value is -1.57. The highest BCUT2D eigenvalue weighted by Gasteiger charge is 2.61. The number of hydrogen-bond donors (Lipinski definition) is 0. The third-order valence-corrected chi connectivity index (χ3v) is 3.90. The molecule has 1 aliphatic carbocycles. The van der Waals surface area contributed by atoms with Gasteiger partial charge in [0.05, 0.1) is 5.92 Å². The minimum absolute atomic E-state index is 0.00566. The summed E-state index contributed by atoms with van der Waals surface area (Å²) in [5, 5.41) is 0. The van der Waals surface area contributed by atoms with Gasteiger partial charge in [0.1, 0.15) is 6.61 Å². The first-order valence-electron chi connectivity index (χ1n) is 6.78. The van der Waals surface area contributed by atoms with Crippen LogP contribution in [0.3, 0.4) is 0 Å². The lowest BCUT2D eigenvalue weighted by atomic mass is 10.1. The zero-order valence-electron chi connectivity index (χ0n) is 12.1. The van der Waals surface area contributed by atoms with Crippen LogP contribution in [-0.2, 0) is 16.1 Å². The van der Waals surface area contributed by atoms with Gasteiger partial charge in [-0.2, -0.15) is 0 Å². The summed E-state index contributed by atoms with van der Waals surface area (Å²) in [4.78, 5) is 12.1. The van der Waals surface area contributed by atoms with E-state index in [1.807, 2.05) is 30.3 Å². The second-order valence-electron chi connectivity index (χ2n) is 6.16. The Morgan fingerprint density at radius 2 is 1.89 bits per heavy atom. The maximum absolute atomic E-state index is 12.1. The van der Waals surface area contributed by atoms with Gasteiger partial charge in [-0.05, 0) is 30.7 Å². The highest BCUT2D eigenvalue weighted by atomic mass is 16.5. The molecule has 0 aromatic heterocycles. The molecule has 0 unspecified atom stereocenters. The predicted molar refractivity (Wildman–Crippen MR) is 76.4 cm³/mol. The lowest BCUT2D eigenvalue weighted by Gasteiger charge is -2.05. The molecule has 0 saturated heterocycles. The number of carbonyl (C=O) groups excluding carboxylic acids is 1. The van der Waals surface area contributed by atoms with Gasteiger partial charge >= 0.3 is 5.97 Å². The summed E-state index contributed by atoms with van der Waals surface area (Å²) < 4.78 is 5.43. The minimum atomic E-state index is -0.0728. The molecular formula is C17H22O2. The Bertz CT molecular complexity index is 481. The van der Waals surface area contributed by atoms with E-state index < -0.39 is 0 Å². The SMILES string of the molecule is CC(C)=C[C@H]1[C@@H](C(=O)OCc2ccccc2)C1(C)C. The molecule has 1 aliphatic rings. The lowest BCUT2D eigenvalue weighted by molar-refractivity contribution is -0.147. The van der Waals surface area contributed by atoms with Crippen molar-refractivity contribution in [3.05, 3.63) is 47.5 Å². The third kappa shape index (κ3) is 3.06. The third-order valence-electron chi connectivity index (χ3n) is 3.90. The van der Waals surface area contributed by atoms with Crippen molar-refractivity contribution >= 4 is 5.97 Å². The van der Waals surface area contributed by atoms with Gasteiger partial charge in [0.25, 0.3) is 0 Å². The number of allylic oxidation sites excluding steroid dienone is 2. The molecule has 0 N–H and O–H groups in total. The van der Waals surface area contributed by atoms with Crippen LogP contribution in [0.25, 0.3) is 0 Å². The molecule has 19 heavy (non-hydrogen) atoms. The summed E-state index contributed by atoms with van der Waals surface area (Å²) in [7, 11) is 0. The molecule has 0 radical (unpaired) electrons. The molecule has 102 valence electrons. The van der Waals surface area contributed by atoms with Crippen molar-refractivity contribution in [1.82, 2.24) is 0 Å². The number of hydrogen-bond acceptors (Lipinski definition) is 2. The van der Waals surface area contributed by atoms with Crippen LogP contribution in [0.1, 0.15) is 33.3 Å². The van der Waals surface area contributed by atoms with Gasteiger partial charge < -0.3 is 4.74 Å². The summed E-state index contributed by atoms with van der Waals surface area (Å²) in [6.45, 7) is 8.77. The first-order chi connectivity index (χ1) is 8.93. The van der Waals surface area contributed by atoms with Crippen molar-refractivity contribution in [3.8, 4) is 0 Å². The molecule has 1 aromatic rings. The van der Waals surface area contributed by atoms with Gasteiger partial charge in [0.2, 0.25) is 0 Å². The summed E-state index contributed by atoms with van der Waals surface area (Å²) >= 11 is 0. The first kappa shape index (κ1) is 13.9. The fraction of sp³-hybridized carbons (Fsp3) is 0.471. The van der Waals surface area contributed by atoms with E-state index >= 15 is 0 Å². The number of ether oxygens (including phenoxy) is 1. The highest BCUT2D eigenvalue weighted by Crippen LogP contribution is 2.59. The Morgan fingerprint density at radius 3 is 2.47 bits per heavy atom. The Kier molecular flexibility index (Phi) is 3.79. The van der Waals surface area contributed by atoms with E-state index in [1.54, 1.807) is 0 Å². The normalized spacial score (nSPS) is 23.6. The Labute approximate surface area is 115 Å². The van der Waals surface area contributed by atoms with Crippen LogP contribution < -0.4 is 0 Å². The van der Waals surface area contributed by atoms with Crippen LogP contribution >= 0.6 is 0 Å². The summed E-state index contributed by atoms with van der Waals surface area (Å²) in [5.74, 6) is 0.253. The summed E-state index contributed by atoms with van der Waals surface area (Å²) in [6.07, 6.45) is 2.19. The van der Waals surface area contributed by atoms with Crippen LogP contribution in [-0.4, -0.2) is 5.97 Å². The molecule has 2 heteroatoms. The maximum atomic E-state index is 12.1. The molecule has 1 fully saturated rings. The second-order valence-corrected chi connectivity index (χ2v) is 6.16. The van der Waals surface area contributed by atoms with Crippen molar-refractivity contribution < 1.29 is 9.53 Å². The molecule has 0 heterocycles. The van der Waals surface area contributed by atoms with Gasteiger partial charge in [-0.3, -0.25) is 4.79 Å². The van der Waals surface area contributed by atoms with Crippen LogP contribution in [0.5, 0.6) is 0 Å². The van der Waals surface area contributed by atoms with Gasteiger partial charge in [-0.15, -0.1) is 0 Å². The molecule has 1 aromatic carbocycles. The van der Waals surface area contributed by atoms with Crippen molar-refractivity contribution in [3.63, 3.8) is 0 Å². The first-order valence-corrected chi connectivity index (χ1v) is 6.78. The average Bonchev–Trinajstić information content (AvgIpc) is 2.88. The van der Waals surface area contributed by atoms with E-state index in [4.69, 9.17) is 4.74 Å². The van der Waals surface area contributed by atoms with Gasteiger partial charge in [0, 0.05) is 0 Å². The number of carbonyl (C=O) groups is 1. The highest BCUT2D eigenvalue weighted by molar-refractivity contribution is 5.78. The number of rotatable bonds is 4. The molecule has 0 spiro atoms. The van der Waals surface area contributed by atoms with E-state index in [0.29, 0.717) is 12.5 Å². The van der Waals surface area contributed by atoms with Crippen molar-refractivity contribution in [2.45, 2.75) is 34.3 Å². The smallest absolute Gasteiger partial charge is 0.310 e. The average molecular weight is 258 g/mol. The van der Waals surface area contributed by atoms with Crippen LogP contribution in [0.4, 0.5) is 0 Å². The Balaban J connectivity index is 1.93. The van der Waals surface area contributed by atoms with Crippen molar-refractivity contribution in [2.75, 3.05) is 0 Å². The molecular weight excluding hydrogens is 236 g/mol. The quantitative estimate of drug-likeness (QED) is 0.603. The van der Waals surface area contributed by atoms with E-state index in [2.05, 4.69) is 33.8 Å². The van der Waals surface area contributed by atoms with Crippen molar-refractivity contribution in [2.24, 2.45) is 17.3 Å². The molecule has 0 bridgehead atoms. The molecule has 0 aliphatic heterocycles. The van der Waals surface area contributed by atoms with E-state index in [0.717, 1.165) is 5.56 Å². The molecule has 0 amide bonds. The molecule has 2 atom stereocenters. The van der Waals surface area contributed by atoms with E-state index in [1.165, 1.54) is 5.57 Å². The number of esters is 1. The van der Waals surface area contributed by atoms with Gasteiger partial charge in [0.15, 0.2) is 0 Å². The fourth-order valence-electron chi connectivity index (χ4n) is 2.62. The lowest BCUT2D eigenvalue weighted by Crippen LogP contribution is -2.10. The zero-order chi connectivity index (χ0) is 14.0. The van der Waals surface area contributed by atoms with Gasteiger partial charge in [-0.25, -0.2) is 0 Å². The monoisotopic (exact) mass is 258 g/mol. The van der Waals surface area contributed by atoms with Gasteiger partial charge in [-0.1, -0.05) is 55.8 Å². The topological polar surface area (TPSA) is 26.3 Å². The summed E-state index contributed by atoms with van der Waals surface area (Å²) in [6, 6.07) is 9.81. The fourth-order valence-corrected chi connectivity index (χ4v) is 2.62. The predicted octanol–water partition coefficient (Wildman–Crippen LogP) is 3.97. The molecule has 1 saturated carbocycles. The van der Waals surface area contributed by atoms with Crippen LogP contribution in [0.2, 0.25) is 0 Å².